The molecule has 0 bridgehead atoms. The lowest BCUT2D eigenvalue weighted by Crippen LogP contribution is -2.28. The maximum Gasteiger partial charge on any atom is 0.184 e. The van der Waals surface area contributed by atoms with Gasteiger partial charge < -0.3 is 9.84 Å². The molecule has 1 atom stereocenters. The molecular formula is C25H32O3. The van der Waals surface area contributed by atoms with Gasteiger partial charge >= 0.3 is 0 Å². The summed E-state index contributed by atoms with van der Waals surface area (Å²) >= 11 is 0. The van der Waals surface area contributed by atoms with E-state index in [0.717, 1.165) is 31.4 Å². The number of carbonyl (C=O) groups is 1. The number of para-hydroxylation sites is 1. The van der Waals surface area contributed by atoms with E-state index in [4.69, 9.17) is 4.74 Å². The number of benzene rings is 1. The SMILES string of the molecule is CC(C)=CCCC(C)=CC=C1C(=O)C=CC1(O)CCCCOc1ccccc1. The van der Waals surface area contributed by atoms with E-state index in [2.05, 4.69) is 26.8 Å². The summed E-state index contributed by atoms with van der Waals surface area (Å²) in [5, 5.41) is 10.9. The summed E-state index contributed by atoms with van der Waals surface area (Å²) in [6.07, 6.45) is 13.1. The largest absolute Gasteiger partial charge is 0.494 e. The van der Waals surface area contributed by atoms with Crippen LogP contribution in [-0.4, -0.2) is 23.1 Å². The van der Waals surface area contributed by atoms with Crippen LogP contribution < -0.4 is 4.74 Å². The Bertz CT molecular complexity index is 764. The normalized spacial score (nSPS) is 20.6. The standard InChI is InChI=1S/C25H32O3/c1-20(2)10-9-11-21(3)14-15-23-24(26)16-18-25(23,27)17-7-8-19-28-22-12-5-4-6-13-22/h4-6,10,12-16,18,27H,7-9,11,17,19H2,1-3H3. The van der Waals surface area contributed by atoms with Gasteiger partial charge in [0.2, 0.25) is 0 Å². The highest BCUT2D eigenvalue weighted by Crippen LogP contribution is 2.31. The second-order valence-electron chi connectivity index (χ2n) is 7.65. The Morgan fingerprint density at radius 3 is 2.61 bits per heavy atom. The van der Waals surface area contributed by atoms with Crippen molar-refractivity contribution >= 4 is 5.78 Å². The fourth-order valence-corrected chi connectivity index (χ4v) is 3.15. The molecule has 28 heavy (non-hydrogen) atoms. The monoisotopic (exact) mass is 380 g/mol. The van der Waals surface area contributed by atoms with E-state index < -0.39 is 5.60 Å². The minimum Gasteiger partial charge on any atom is -0.494 e. The molecular weight excluding hydrogens is 348 g/mol. The second kappa shape index (κ2) is 10.8. The molecule has 1 unspecified atom stereocenters. The van der Waals surface area contributed by atoms with Crippen LogP contribution >= 0.6 is 0 Å². The van der Waals surface area contributed by atoms with E-state index >= 15 is 0 Å². The highest BCUT2D eigenvalue weighted by Gasteiger charge is 2.36. The first-order valence-electron chi connectivity index (χ1n) is 10.1. The molecule has 1 N–H and O–H groups in total. The third-order valence-electron chi connectivity index (χ3n) is 4.83. The van der Waals surface area contributed by atoms with Crippen LogP contribution in [0.25, 0.3) is 0 Å². The molecule has 0 spiro atoms. The predicted molar refractivity (Wildman–Crippen MR) is 115 cm³/mol. The van der Waals surface area contributed by atoms with Crippen molar-refractivity contribution in [1.82, 2.24) is 0 Å². The summed E-state index contributed by atoms with van der Waals surface area (Å²) in [6, 6.07) is 9.70. The third-order valence-corrected chi connectivity index (χ3v) is 4.83. The van der Waals surface area contributed by atoms with Gasteiger partial charge in [0.15, 0.2) is 5.78 Å². The molecule has 0 saturated carbocycles. The molecule has 150 valence electrons. The van der Waals surface area contributed by atoms with Crippen molar-refractivity contribution in [1.29, 1.82) is 0 Å². The topological polar surface area (TPSA) is 46.5 Å². The Kier molecular flexibility index (Phi) is 8.46. The first-order chi connectivity index (χ1) is 13.4. The molecule has 2 rings (SSSR count). The van der Waals surface area contributed by atoms with Gasteiger partial charge in [0.25, 0.3) is 0 Å². The van der Waals surface area contributed by atoms with E-state index in [9.17, 15) is 9.90 Å². The molecule has 0 heterocycles. The summed E-state index contributed by atoms with van der Waals surface area (Å²) in [6.45, 7) is 6.84. The van der Waals surface area contributed by atoms with Crippen LogP contribution in [0.15, 0.2) is 77.4 Å². The summed E-state index contributed by atoms with van der Waals surface area (Å²) in [7, 11) is 0. The first-order valence-corrected chi connectivity index (χ1v) is 10.1. The molecule has 0 fully saturated rings. The van der Waals surface area contributed by atoms with Gasteiger partial charge in [0.05, 0.1) is 6.61 Å². The molecule has 1 aliphatic rings. The van der Waals surface area contributed by atoms with Gasteiger partial charge in [-0.3, -0.25) is 4.79 Å². The van der Waals surface area contributed by atoms with Crippen LogP contribution in [0.4, 0.5) is 0 Å². The van der Waals surface area contributed by atoms with Crippen LogP contribution in [0.3, 0.4) is 0 Å². The van der Waals surface area contributed by atoms with Gasteiger partial charge in [-0.25, -0.2) is 0 Å². The first kappa shape index (κ1) is 21.9. The molecule has 1 aromatic rings. The molecule has 0 amide bonds. The molecule has 0 radical (unpaired) electrons. The van der Waals surface area contributed by atoms with Crippen molar-refractivity contribution < 1.29 is 14.6 Å². The number of carbonyl (C=O) groups excluding carboxylic acids is 1. The van der Waals surface area contributed by atoms with E-state index in [0.29, 0.717) is 18.6 Å². The molecule has 3 heteroatoms. The van der Waals surface area contributed by atoms with E-state index in [1.54, 1.807) is 12.2 Å². The highest BCUT2D eigenvalue weighted by molar-refractivity contribution is 6.09. The van der Waals surface area contributed by atoms with E-state index in [1.807, 2.05) is 36.4 Å². The molecule has 1 aliphatic carbocycles. The lowest BCUT2D eigenvalue weighted by atomic mass is 9.90. The van der Waals surface area contributed by atoms with Gasteiger partial charge in [-0.1, -0.05) is 47.6 Å². The Balaban J connectivity index is 1.86. The second-order valence-corrected chi connectivity index (χ2v) is 7.65. The Morgan fingerprint density at radius 2 is 1.89 bits per heavy atom. The maximum absolute atomic E-state index is 12.2. The molecule has 3 nitrogen and oxygen atoms in total. The predicted octanol–water partition coefficient (Wildman–Crippen LogP) is 5.72. The smallest absolute Gasteiger partial charge is 0.184 e. The van der Waals surface area contributed by atoms with Crippen molar-refractivity contribution in [2.75, 3.05) is 6.61 Å². The van der Waals surface area contributed by atoms with Crippen molar-refractivity contribution in [2.24, 2.45) is 0 Å². The van der Waals surface area contributed by atoms with Crippen LogP contribution in [0.2, 0.25) is 0 Å². The van der Waals surface area contributed by atoms with Crippen molar-refractivity contribution in [3.63, 3.8) is 0 Å². The van der Waals surface area contributed by atoms with Crippen LogP contribution in [0.5, 0.6) is 5.75 Å². The van der Waals surface area contributed by atoms with Crippen molar-refractivity contribution in [3.05, 3.63) is 77.4 Å². The van der Waals surface area contributed by atoms with Gasteiger partial charge in [-0.15, -0.1) is 0 Å². The zero-order chi connectivity index (χ0) is 20.4. The van der Waals surface area contributed by atoms with E-state index in [1.165, 1.54) is 17.2 Å². The number of rotatable bonds is 10. The number of ether oxygens (including phenoxy) is 1. The minimum absolute atomic E-state index is 0.101. The third kappa shape index (κ3) is 6.97. The average molecular weight is 381 g/mol. The number of ketones is 1. The number of allylic oxidation sites excluding steroid dienone is 6. The Morgan fingerprint density at radius 1 is 1.14 bits per heavy atom. The summed E-state index contributed by atoms with van der Waals surface area (Å²) in [5.74, 6) is 0.753. The van der Waals surface area contributed by atoms with Crippen molar-refractivity contribution in [3.8, 4) is 5.75 Å². The zero-order valence-corrected chi connectivity index (χ0v) is 17.3. The number of unbranched alkanes of at least 4 members (excludes halogenated alkanes) is 1. The lowest BCUT2D eigenvalue weighted by Gasteiger charge is -2.22. The number of hydrogen-bond acceptors (Lipinski definition) is 3. The van der Waals surface area contributed by atoms with E-state index in [-0.39, 0.29) is 5.78 Å². The van der Waals surface area contributed by atoms with Gasteiger partial charge in [-0.2, -0.15) is 0 Å². The van der Waals surface area contributed by atoms with Gasteiger partial charge in [0.1, 0.15) is 11.4 Å². The van der Waals surface area contributed by atoms with Gasteiger partial charge in [-0.05, 0) is 77.2 Å². The molecule has 1 aromatic carbocycles. The quantitative estimate of drug-likeness (QED) is 0.320. The zero-order valence-electron chi connectivity index (χ0n) is 17.3. The van der Waals surface area contributed by atoms with Crippen LogP contribution in [0.1, 0.15) is 52.9 Å². The maximum atomic E-state index is 12.2. The summed E-state index contributed by atoms with van der Waals surface area (Å²) in [5.41, 5.74) is 1.81. The molecule has 0 aliphatic heterocycles. The van der Waals surface area contributed by atoms with Crippen molar-refractivity contribution in [2.45, 2.75) is 58.5 Å². The highest BCUT2D eigenvalue weighted by atomic mass is 16.5. The lowest BCUT2D eigenvalue weighted by molar-refractivity contribution is -0.112. The molecule has 0 aromatic heterocycles. The Hall–Kier alpha value is -2.39. The summed E-state index contributed by atoms with van der Waals surface area (Å²) < 4.78 is 5.69. The summed E-state index contributed by atoms with van der Waals surface area (Å²) in [4.78, 5) is 12.2. The minimum atomic E-state index is -1.17. The average Bonchev–Trinajstić information content (AvgIpc) is 2.94. The fraction of sp³-hybridized carbons (Fsp3) is 0.400. The number of aliphatic hydroxyl groups is 1. The van der Waals surface area contributed by atoms with Crippen LogP contribution in [-0.2, 0) is 4.79 Å². The van der Waals surface area contributed by atoms with Gasteiger partial charge in [0, 0.05) is 5.57 Å². The van der Waals surface area contributed by atoms with Crippen LogP contribution in [0, 0.1) is 0 Å². The Labute approximate surface area is 169 Å². The molecule has 0 saturated heterocycles. The fourth-order valence-electron chi connectivity index (χ4n) is 3.15. The number of hydrogen-bond donors (Lipinski definition) is 1.